The molecule has 0 aliphatic heterocycles. The molecule has 9 nitrogen and oxygen atoms in total. The van der Waals surface area contributed by atoms with Crippen molar-refractivity contribution in [3.63, 3.8) is 0 Å². The molecule has 1 N–H and O–H groups in total. The number of nitrogens with zero attached hydrogens (tertiary/aromatic N) is 2. The lowest BCUT2D eigenvalue weighted by molar-refractivity contribution is -0.385. The minimum absolute atomic E-state index is 0.0174. The summed E-state index contributed by atoms with van der Waals surface area (Å²) in [5.41, 5.74) is -1.06. The molecule has 0 saturated heterocycles. The van der Waals surface area contributed by atoms with E-state index in [1.165, 1.54) is 30.2 Å². The summed E-state index contributed by atoms with van der Waals surface area (Å²) in [6.45, 7) is 0. The number of hydrogen-bond acceptors (Lipinski definition) is 6. The number of amides is 2. The molecule has 36 heavy (non-hydrogen) atoms. The van der Waals surface area contributed by atoms with Crippen molar-refractivity contribution < 1.29 is 37.2 Å². The third-order valence-corrected chi connectivity index (χ3v) is 4.92. The van der Waals surface area contributed by atoms with Gasteiger partial charge in [-0.15, -0.1) is 0 Å². The predicted octanol–water partition coefficient (Wildman–Crippen LogP) is 5.37. The molecular weight excluding hydrogens is 483 g/mol. The average molecular weight is 503 g/mol. The van der Waals surface area contributed by atoms with Gasteiger partial charge in [0.2, 0.25) is 5.75 Å². The average Bonchev–Trinajstić information content (AvgIpc) is 2.83. The second kappa shape index (κ2) is 10.3. The highest BCUT2D eigenvalue weighted by atomic mass is 19.4. The van der Waals surface area contributed by atoms with Crippen LogP contribution in [-0.4, -0.2) is 42.8 Å². The zero-order valence-electron chi connectivity index (χ0n) is 19.3. The quantitative estimate of drug-likeness (QED) is 0.343. The summed E-state index contributed by atoms with van der Waals surface area (Å²) in [5, 5.41) is 14.0. The van der Waals surface area contributed by atoms with Crippen molar-refractivity contribution in [1.29, 1.82) is 0 Å². The summed E-state index contributed by atoms with van der Waals surface area (Å²) in [6.07, 6.45) is -4.77. The zero-order chi connectivity index (χ0) is 26.6. The van der Waals surface area contributed by atoms with Crippen LogP contribution in [0.2, 0.25) is 0 Å². The Balaban J connectivity index is 1.82. The molecule has 188 valence electrons. The maximum Gasteiger partial charge on any atom is 0.416 e. The molecule has 0 fully saturated rings. The number of nitro groups is 1. The molecular formula is C24H20F3N3O6. The van der Waals surface area contributed by atoms with E-state index in [-0.39, 0.29) is 23.0 Å². The van der Waals surface area contributed by atoms with Gasteiger partial charge in [-0.1, -0.05) is 0 Å². The molecule has 0 unspecified atom stereocenters. The molecule has 3 rings (SSSR count). The molecule has 0 spiro atoms. The number of benzene rings is 3. The molecule has 3 aromatic rings. The van der Waals surface area contributed by atoms with Crippen molar-refractivity contribution in [2.24, 2.45) is 0 Å². The van der Waals surface area contributed by atoms with Gasteiger partial charge >= 0.3 is 11.9 Å². The fourth-order valence-electron chi connectivity index (χ4n) is 3.09. The van der Waals surface area contributed by atoms with Crippen LogP contribution in [-0.2, 0) is 6.18 Å². The number of ether oxygens (including phenoxy) is 2. The summed E-state index contributed by atoms with van der Waals surface area (Å²) in [7, 11) is 4.51. The predicted molar refractivity (Wildman–Crippen MR) is 124 cm³/mol. The highest BCUT2D eigenvalue weighted by Crippen LogP contribution is 2.40. The van der Waals surface area contributed by atoms with Gasteiger partial charge in [-0.05, 0) is 54.6 Å². The van der Waals surface area contributed by atoms with Crippen molar-refractivity contribution in [1.82, 2.24) is 4.90 Å². The third kappa shape index (κ3) is 5.90. The first-order chi connectivity index (χ1) is 16.9. The molecule has 0 bridgehead atoms. The van der Waals surface area contributed by atoms with Crippen LogP contribution in [0.15, 0.2) is 60.7 Å². The zero-order valence-corrected chi connectivity index (χ0v) is 19.3. The van der Waals surface area contributed by atoms with Gasteiger partial charge in [0.05, 0.1) is 17.6 Å². The van der Waals surface area contributed by atoms with Crippen molar-refractivity contribution in [3.05, 3.63) is 87.5 Å². The fraction of sp³-hybridized carbons (Fsp3) is 0.167. The minimum atomic E-state index is -4.77. The highest BCUT2D eigenvalue weighted by molar-refractivity contribution is 6.05. The molecule has 0 radical (unpaired) electrons. The van der Waals surface area contributed by atoms with E-state index in [1.54, 1.807) is 38.4 Å². The monoisotopic (exact) mass is 503 g/mol. The van der Waals surface area contributed by atoms with Gasteiger partial charge < -0.3 is 19.7 Å². The third-order valence-electron chi connectivity index (χ3n) is 4.92. The van der Waals surface area contributed by atoms with Crippen LogP contribution in [0.1, 0.15) is 26.3 Å². The number of carbonyl (C=O) groups excluding carboxylic acids is 2. The normalized spacial score (nSPS) is 10.9. The van der Waals surface area contributed by atoms with Gasteiger partial charge in [-0.3, -0.25) is 19.7 Å². The summed E-state index contributed by atoms with van der Waals surface area (Å²) in [5.74, 6) is -1.18. The number of anilines is 1. The van der Waals surface area contributed by atoms with Crippen molar-refractivity contribution in [2.45, 2.75) is 6.18 Å². The van der Waals surface area contributed by atoms with E-state index in [9.17, 15) is 32.9 Å². The number of rotatable bonds is 7. The lowest BCUT2D eigenvalue weighted by atomic mass is 10.1. The SMILES string of the molecule is COc1cc(C(=O)Nc2ccc(C(=O)N(C)C)cc2)ccc1Oc1ccc(C(F)(F)F)cc1[N+](=O)[O-]. The smallest absolute Gasteiger partial charge is 0.416 e. The van der Waals surface area contributed by atoms with Crippen molar-refractivity contribution in [3.8, 4) is 17.2 Å². The molecule has 0 heterocycles. The largest absolute Gasteiger partial charge is 0.493 e. The van der Waals surface area contributed by atoms with E-state index in [0.717, 1.165) is 6.07 Å². The molecule has 0 atom stereocenters. The number of methoxy groups -OCH3 is 1. The molecule has 0 aromatic heterocycles. The van der Waals surface area contributed by atoms with Gasteiger partial charge in [0, 0.05) is 37.0 Å². The first-order valence-corrected chi connectivity index (χ1v) is 10.3. The first kappa shape index (κ1) is 26.0. The Hall–Kier alpha value is -4.61. The molecule has 0 aliphatic rings. The Kier molecular flexibility index (Phi) is 7.47. The fourth-order valence-corrected chi connectivity index (χ4v) is 3.09. The number of hydrogen-bond donors (Lipinski definition) is 1. The Morgan fingerprint density at radius 3 is 2.08 bits per heavy atom. The van der Waals surface area contributed by atoms with E-state index >= 15 is 0 Å². The van der Waals surface area contributed by atoms with Crippen LogP contribution < -0.4 is 14.8 Å². The number of nitro benzene ring substituents is 1. The number of carbonyl (C=O) groups is 2. The van der Waals surface area contributed by atoms with E-state index in [0.29, 0.717) is 23.4 Å². The van der Waals surface area contributed by atoms with E-state index in [4.69, 9.17) is 9.47 Å². The van der Waals surface area contributed by atoms with Gasteiger partial charge in [-0.2, -0.15) is 13.2 Å². The van der Waals surface area contributed by atoms with E-state index in [2.05, 4.69) is 5.32 Å². The lowest BCUT2D eigenvalue weighted by Crippen LogP contribution is -2.21. The van der Waals surface area contributed by atoms with Crippen LogP contribution in [0.5, 0.6) is 17.2 Å². The van der Waals surface area contributed by atoms with E-state index in [1.807, 2.05) is 0 Å². The first-order valence-electron chi connectivity index (χ1n) is 10.3. The second-order valence-corrected chi connectivity index (χ2v) is 7.64. The lowest BCUT2D eigenvalue weighted by Gasteiger charge is -2.14. The van der Waals surface area contributed by atoms with Crippen LogP contribution in [0.3, 0.4) is 0 Å². The van der Waals surface area contributed by atoms with Gasteiger partial charge in [0.1, 0.15) is 0 Å². The minimum Gasteiger partial charge on any atom is -0.493 e. The van der Waals surface area contributed by atoms with E-state index < -0.39 is 34.0 Å². The summed E-state index contributed by atoms with van der Waals surface area (Å²) < 4.78 is 49.5. The topological polar surface area (TPSA) is 111 Å². The molecule has 12 heteroatoms. The Bertz CT molecular complexity index is 1310. The van der Waals surface area contributed by atoms with Crippen LogP contribution in [0.4, 0.5) is 24.5 Å². The number of alkyl halides is 3. The number of nitrogens with one attached hydrogen (secondary N) is 1. The maximum atomic E-state index is 12.9. The van der Waals surface area contributed by atoms with Gasteiger partial charge in [0.25, 0.3) is 11.8 Å². The summed E-state index contributed by atoms with van der Waals surface area (Å²) in [6, 6.07) is 12.1. The Labute approximate surface area is 203 Å². The van der Waals surface area contributed by atoms with Crippen LogP contribution in [0, 0.1) is 10.1 Å². The van der Waals surface area contributed by atoms with Crippen LogP contribution in [0.25, 0.3) is 0 Å². The van der Waals surface area contributed by atoms with Crippen LogP contribution >= 0.6 is 0 Å². The summed E-state index contributed by atoms with van der Waals surface area (Å²) >= 11 is 0. The maximum absolute atomic E-state index is 12.9. The molecule has 0 aliphatic carbocycles. The molecule has 0 saturated carbocycles. The Morgan fingerprint density at radius 2 is 1.53 bits per heavy atom. The van der Waals surface area contributed by atoms with Crippen molar-refractivity contribution in [2.75, 3.05) is 26.5 Å². The standard InChI is InChI=1S/C24H20F3N3O6/c1-29(2)23(32)14-4-8-17(9-5-14)28-22(31)15-6-10-20(21(12-15)35-3)36-19-11-7-16(24(25,26)27)13-18(19)30(33)34/h4-13H,1-3H3,(H,28,31). The molecule has 3 aromatic carbocycles. The van der Waals surface area contributed by atoms with Gasteiger partial charge in [-0.25, -0.2) is 0 Å². The second-order valence-electron chi connectivity index (χ2n) is 7.64. The molecule has 2 amide bonds. The Morgan fingerprint density at radius 1 is 0.917 bits per heavy atom. The van der Waals surface area contributed by atoms with Gasteiger partial charge in [0.15, 0.2) is 11.5 Å². The van der Waals surface area contributed by atoms with Crippen molar-refractivity contribution >= 4 is 23.2 Å². The highest BCUT2D eigenvalue weighted by Gasteiger charge is 2.33. The summed E-state index contributed by atoms with van der Waals surface area (Å²) in [4.78, 5) is 36.4. The number of halogens is 3.